The summed E-state index contributed by atoms with van der Waals surface area (Å²) in [5, 5.41) is 13.2. The van der Waals surface area contributed by atoms with Crippen molar-refractivity contribution < 1.29 is 33.4 Å². The Balaban J connectivity index is 1.88. The summed E-state index contributed by atoms with van der Waals surface area (Å²) in [7, 11) is -1.83. The quantitative estimate of drug-likeness (QED) is 0.268. The van der Waals surface area contributed by atoms with Crippen LogP contribution in [0.5, 0.6) is 0 Å². The van der Waals surface area contributed by atoms with Crippen molar-refractivity contribution in [3.8, 4) is 0 Å². The Morgan fingerprint density at radius 1 is 1.00 bits per heavy atom. The molecule has 2 unspecified atom stereocenters. The van der Waals surface area contributed by atoms with Crippen molar-refractivity contribution in [3.63, 3.8) is 0 Å². The van der Waals surface area contributed by atoms with E-state index in [0.29, 0.717) is 17.2 Å². The third-order valence-corrected chi connectivity index (χ3v) is 13.3. The molecule has 1 N–H and O–H groups in total. The number of aryl methyl sites for hydroxylation is 1. The molecule has 0 radical (unpaired) electrons. The van der Waals surface area contributed by atoms with E-state index in [0.717, 1.165) is 18.5 Å². The molecule has 0 aliphatic carbocycles. The van der Waals surface area contributed by atoms with Gasteiger partial charge in [-0.25, -0.2) is 19.4 Å². The van der Waals surface area contributed by atoms with E-state index in [9.17, 15) is 19.5 Å². The molecule has 0 spiro atoms. The van der Waals surface area contributed by atoms with Gasteiger partial charge in [-0.2, -0.15) is 0 Å². The Morgan fingerprint density at radius 2 is 1.60 bits per heavy atom. The van der Waals surface area contributed by atoms with Crippen LogP contribution in [-0.4, -0.2) is 89.3 Å². The molecule has 2 amide bonds. The van der Waals surface area contributed by atoms with Gasteiger partial charge in [-0.3, -0.25) is 4.90 Å². The number of nitrogens with zero attached hydrogens (tertiary/aromatic N) is 3. The van der Waals surface area contributed by atoms with E-state index in [1.807, 2.05) is 5.38 Å². The molecule has 1 aromatic rings. The lowest BCUT2D eigenvalue weighted by molar-refractivity contribution is -0.134. The van der Waals surface area contributed by atoms with E-state index in [1.165, 1.54) is 21.1 Å². The van der Waals surface area contributed by atoms with Crippen LogP contribution >= 0.6 is 11.3 Å². The second kappa shape index (κ2) is 12.3. The molecule has 0 aromatic carbocycles. The Morgan fingerprint density at radius 3 is 2.14 bits per heavy atom. The number of carbonyl (C=O) groups is 3. The maximum absolute atomic E-state index is 13.4. The highest BCUT2D eigenvalue weighted by molar-refractivity contribution is 7.10. The fourth-order valence-corrected chi connectivity index (χ4v) is 6.82. The summed E-state index contributed by atoms with van der Waals surface area (Å²) in [6.45, 7) is 22.6. The first-order valence-electron chi connectivity index (χ1n) is 14.6. The fourth-order valence-electron chi connectivity index (χ4n) is 4.81. The first-order valence-corrected chi connectivity index (χ1v) is 18.4. The SMILES string of the molecule is CC(C)(C)OC(=O)N1CC2CC(c3nc(CCCO[Si](C)(C)C(C)(C)C)cs3)=C(C(=O)O)C(C1)N2C(=O)OC(C)(C)C. The van der Waals surface area contributed by atoms with E-state index in [4.69, 9.17) is 18.9 Å². The van der Waals surface area contributed by atoms with Gasteiger partial charge in [0.15, 0.2) is 8.32 Å². The number of carboxylic acid groups (broad SMARTS) is 1. The van der Waals surface area contributed by atoms with Crippen LogP contribution in [-0.2, 0) is 25.1 Å². The highest BCUT2D eigenvalue weighted by Gasteiger charge is 2.49. The maximum Gasteiger partial charge on any atom is 0.411 e. The lowest BCUT2D eigenvalue weighted by atomic mass is 9.85. The predicted molar refractivity (Wildman–Crippen MR) is 166 cm³/mol. The number of hydrogen-bond donors (Lipinski definition) is 1. The van der Waals surface area contributed by atoms with Crippen LogP contribution in [0.25, 0.3) is 5.57 Å². The van der Waals surface area contributed by atoms with Crippen LogP contribution in [0, 0.1) is 0 Å². The van der Waals surface area contributed by atoms with Gasteiger partial charge in [0.2, 0.25) is 0 Å². The van der Waals surface area contributed by atoms with Gasteiger partial charge in [-0.05, 0) is 78.9 Å². The number of amides is 2. The number of aromatic nitrogens is 1. The lowest BCUT2D eigenvalue weighted by Gasteiger charge is -2.49. The predicted octanol–water partition coefficient (Wildman–Crippen LogP) is 6.56. The van der Waals surface area contributed by atoms with Gasteiger partial charge in [-0.15, -0.1) is 11.3 Å². The molecule has 3 heterocycles. The van der Waals surface area contributed by atoms with Crippen molar-refractivity contribution in [1.82, 2.24) is 14.8 Å². The van der Waals surface area contributed by atoms with E-state index in [2.05, 4.69) is 33.9 Å². The van der Waals surface area contributed by atoms with E-state index < -0.39 is 49.8 Å². The van der Waals surface area contributed by atoms with Crippen molar-refractivity contribution in [1.29, 1.82) is 0 Å². The largest absolute Gasteiger partial charge is 0.478 e. The minimum absolute atomic E-state index is 0.0151. The van der Waals surface area contributed by atoms with Gasteiger partial charge in [0.1, 0.15) is 16.2 Å². The standard InChI is InChI=1S/C30H49N3O7SSi/c1-28(2,3)39-26(36)32-16-20-15-21(23(25(34)35)22(17-32)33(20)27(37)40-29(4,5)6)24-31-19(18-41-24)13-12-14-38-42(10,11)30(7,8)9/h18,20,22H,12-17H2,1-11H3,(H,34,35). The van der Waals surface area contributed by atoms with Crippen molar-refractivity contribution in [2.24, 2.45) is 0 Å². The number of ether oxygens (including phenoxy) is 2. The zero-order valence-electron chi connectivity index (χ0n) is 27.1. The summed E-state index contributed by atoms with van der Waals surface area (Å²) in [6.07, 6.45) is 0.650. The summed E-state index contributed by atoms with van der Waals surface area (Å²) in [5.41, 5.74) is 0.0869. The first kappa shape index (κ1) is 34.1. The Hall–Kier alpha value is -2.44. The van der Waals surface area contributed by atoms with Crippen molar-refractivity contribution in [2.75, 3.05) is 19.7 Å². The fraction of sp³-hybridized carbons (Fsp3) is 0.733. The normalized spacial score (nSPS) is 20.1. The number of thiazole rings is 1. The molecule has 12 heteroatoms. The average Bonchev–Trinajstić information content (AvgIpc) is 3.26. The molecule has 0 saturated carbocycles. The number of aliphatic carboxylic acids is 1. The molecular weight excluding hydrogens is 574 g/mol. The second-order valence-corrected chi connectivity index (χ2v) is 20.4. The van der Waals surface area contributed by atoms with Crippen LogP contribution in [0.15, 0.2) is 11.0 Å². The lowest BCUT2D eigenvalue weighted by Crippen LogP contribution is -2.65. The molecule has 2 atom stereocenters. The molecule has 10 nitrogen and oxygen atoms in total. The summed E-state index contributed by atoms with van der Waals surface area (Å²) < 4.78 is 17.6. The monoisotopic (exact) mass is 623 g/mol. The molecule has 2 bridgehead atoms. The minimum atomic E-state index is -1.83. The van der Waals surface area contributed by atoms with Crippen LogP contribution in [0.4, 0.5) is 9.59 Å². The molecular formula is C30H49N3O7SSi. The summed E-state index contributed by atoms with van der Waals surface area (Å²) in [6, 6.07) is -1.40. The highest BCUT2D eigenvalue weighted by atomic mass is 32.1. The van der Waals surface area contributed by atoms with E-state index >= 15 is 0 Å². The minimum Gasteiger partial charge on any atom is -0.478 e. The molecule has 1 saturated heterocycles. The summed E-state index contributed by atoms with van der Waals surface area (Å²) >= 11 is 1.41. The highest BCUT2D eigenvalue weighted by Crippen LogP contribution is 2.41. The zero-order chi connectivity index (χ0) is 31.8. The molecule has 1 aromatic heterocycles. The Labute approximate surface area is 255 Å². The van der Waals surface area contributed by atoms with Gasteiger partial charge >= 0.3 is 18.2 Å². The average molecular weight is 624 g/mol. The number of hydrogen-bond acceptors (Lipinski definition) is 8. The van der Waals surface area contributed by atoms with Crippen molar-refractivity contribution in [3.05, 3.63) is 21.7 Å². The van der Waals surface area contributed by atoms with Gasteiger partial charge in [0.25, 0.3) is 0 Å². The van der Waals surface area contributed by atoms with Crippen LogP contribution in [0.1, 0.15) is 85.9 Å². The third-order valence-electron chi connectivity index (χ3n) is 7.79. The molecule has 2 aliphatic rings. The van der Waals surface area contributed by atoms with Crippen molar-refractivity contribution >= 4 is 43.4 Å². The van der Waals surface area contributed by atoms with E-state index in [-0.39, 0.29) is 30.1 Å². The van der Waals surface area contributed by atoms with Crippen molar-refractivity contribution in [2.45, 2.75) is 123 Å². The number of fused-ring (bicyclic) bond motifs is 2. The van der Waals surface area contributed by atoms with Crippen LogP contribution in [0.2, 0.25) is 18.1 Å². The zero-order valence-corrected chi connectivity index (χ0v) is 28.9. The van der Waals surface area contributed by atoms with E-state index in [1.54, 1.807) is 41.5 Å². The summed E-state index contributed by atoms with van der Waals surface area (Å²) in [5.74, 6) is -1.15. The smallest absolute Gasteiger partial charge is 0.411 e. The van der Waals surface area contributed by atoms with Crippen LogP contribution < -0.4 is 0 Å². The molecule has 1 fully saturated rings. The Kier molecular flexibility index (Phi) is 9.95. The molecule has 236 valence electrons. The Bertz CT molecular complexity index is 1210. The molecule has 2 aliphatic heterocycles. The van der Waals surface area contributed by atoms with Crippen LogP contribution in [0.3, 0.4) is 0 Å². The van der Waals surface area contributed by atoms with Gasteiger partial charge < -0.3 is 23.9 Å². The molecule has 3 rings (SSSR count). The maximum atomic E-state index is 13.4. The summed E-state index contributed by atoms with van der Waals surface area (Å²) in [4.78, 5) is 47.0. The van der Waals surface area contributed by atoms with Gasteiger partial charge in [0.05, 0.1) is 23.4 Å². The molecule has 42 heavy (non-hydrogen) atoms. The first-order chi connectivity index (χ1) is 19.1. The number of carboxylic acids is 1. The van der Waals surface area contributed by atoms with Gasteiger partial charge in [-0.1, -0.05) is 20.8 Å². The number of rotatable bonds is 7. The number of carbonyl (C=O) groups excluding carboxylic acids is 2. The topological polar surface area (TPSA) is 118 Å². The number of piperazine rings is 1. The van der Waals surface area contributed by atoms with Gasteiger partial charge in [0, 0.05) is 30.6 Å². The third kappa shape index (κ3) is 8.34. The second-order valence-electron chi connectivity index (χ2n) is 14.7.